The standard InChI is InChI=1S/C26H21BrN2O9S/c1-11-23(25(34)36-3)39-26(28-11)29-19(13-8-14(27)21(31)17(10-13)35-2)18(22(32)24(29)33)20(30)12-4-5-15-16(9-12)38-7-6-37-15/h4-5,8-10,19,30-31H,6-7H2,1-3H3/b20-18+/t19-/m0/s1. The first-order valence-corrected chi connectivity index (χ1v) is 13.1. The number of aromatic hydroxyl groups is 1. The molecular weight excluding hydrogens is 596 g/mol. The molecule has 2 aromatic carbocycles. The number of carbonyl (C=O) groups excluding carboxylic acids is 3. The van der Waals surface area contributed by atoms with E-state index in [1.807, 2.05) is 0 Å². The van der Waals surface area contributed by atoms with Crippen LogP contribution in [-0.2, 0) is 14.3 Å². The highest BCUT2D eigenvalue weighted by Gasteiger charge is 2.49. The number of aliphatic hydroxyl groups is 1. The Bertz CT molecular complexity index is 1560. The van der Waals surface area contributed by atoms with Gasteiger partial charge >= 0.3 is 11.9 Å². The number of aromatic nitrogens is 1. The minimum absolute atomic E-state index is 0.0457. The first kappa shape index (κ1) is 26.5. The lowest BCUT2D eigenvalue weighted by Crippen LogP contribution is -2.29. The summed E-state index contributed by atoms with van der Waals surface area (Å²) in [6, 6.07) is 6.42. The molecule has 1 fully saturated rings. The lowest BCUT2D eigenvalue weighted by atomic mass is 9.95. The van der Waals surface area contributed by atoms with Crippen LogP contribution in [0, 0.1) is 6.92 Å². The number of benzene rings is 2. The van der Waals surface area contributed by atoms with Crippen LogP contribution in [-0.4, -0.2) is 60.3 Å². The number of aliphatic hydroxyl groups excluding tert-OH is 1. The van der Waals surface area contributed by atoms with Crippen molar-refractivity contribution < 1.29 is 43.5 Å². The van der Waals surface area contributed by atoms with Crippen LogP contribution in [0.4, 0.5) is 5.13 Å². The molecule has 0 bridgehead atoms. The molecule has 0 aliphatic carbocycles. The number of nitrogens with zero attached hydrogens (tertiary/aromatic N) is 2. The van der Waals surface area contributed by atoms with Crippen LogP contribution < -0.4 is 19.1 Å². The van der Waals surface area contributed by atoms with Crippen LogP contribution in [0.1, 0.15) is 32.5 Å². The maximum Gasteiger partial charge on any atom is 0.350 e. The molecule has 1 amide bonds. The topological polar surface area (TPSA) is 145 Å². The third-order valence-corrected chi connectivity index (χ3v) is 7.95. The summed E-state index contributed by atoms with van der Waals surface area (Å²) in [5.74, 6) is -2.30. The van der Waals surface area contributed by atoms with Crippen molar-refractivity contribution in [2.75, 3.05) is 32.3 Å². The number of anilines is 1. The van der Waals surface area contributed by atoms with Crippen molar-refractivity contribution in [3.8, 4) is 23.0 Å². The van der Waals surface area contributed by atoms with Gasteiger partial charge < -0.3 is 29.2 Å². The molecule has 1 atom stereocenters. The number of methoxy groups -OCH3 is 2. The van der Waals surface area contributed by atoms with Crippen LogP contribution in [0.25, 0.3) is 5.76 Å². The summed E-state index contributed by atoms with van der Waals surface area (Å²) in [6.07, 6.45) is 0. The number of ketones is 1. The zero-order valence-electron chi connectivity index (χ0n) is 20.8. The zero-order valence-corrected chi connectivity index (χ0v) is 23.2. The summed E-state index contributed by atoms with van der Waals surface area (Å²) >= 11 is 4.15. The Morgan fingerprint density at radius 3 is 2.56 bits per heavy atom. The van der Waals surface area contributed by atoms with Crippen molar-refractivity contribution >= 4 is 55.8 Å². The number of esters is 1. The predicted octanol–water partition coefficient (Wildman–Crippen LogP) is 4.11. The fourth-order valence-corrected chi connectivity index (χ4v) is 5.84. The van der Waals surface area contributed by atoms with E-state index in [1.54, 1.807) is 19.1 Å². The second-order valence-corrected chi connectivity index (χ2v) is 10.3. The highest BCUT2D eigenvalue weighted by atomic mass is 79.9. The van der Waals surface area contributed by atoms with E-state index >= 15 is 0 Å². The molecule has 202 valence electrons. The number of halogens is 1. The van der Waals surface area contributed by atoms with Crippen molar-refractivity contribution in [1.29, 1.82) is 0 Å². The third-order valence-electron chi connectivity index (χ3n) is 6.21. The maximum atomic E-state index is 13.5. The number of aryl methyl sites for hydroxylation is 1. The number of amides is 1. The number of fused-ring (bicyclic) bond motifs is 1. The van der Waals surface area contributed by atoms with E-state index in [0.717, 1.165) is 16.2 Å². The Labute approximate surface area is 234 Å². The second kappa shape index (κ2) is 10.2. The van der Waals surface area contributed by atoms with Gasteiger partial charge in [0.1, 0.15) is 23.9 Å². The second-order valence-electron chi connectivity index (χ2n) is 8.48. The Hall–Kier alpha value is -4.10. The first-order valence-electron chi connectivity index (χ1n) is 11.5. The number of thiazole rings is 1. The zero-order chi connectivity index (χ0) is 28.0. The summed E-state index contributed by atoms with van der Waals surface area (Å²) in [5, 5.41) is 21.9. The molecule has 0 saturated carbocycles. The van der Waals surface area contributed by atoms with E-state index in [1.165, 1.54) is 32.4 Å². The van der Waals surface area contributed by atoms with Crippen molar-refractivity contribution in [1.82, 2.24) is 4.98 Å². The van der Waals surface area contributed by atoms with Gasteiger partial charge in [0, 0.05) is 5.56 Å². The molecule has 3 heterocycles. The van der Waals surface area contributed by atoms with Gasteiger partial charge in [-0.25, -0.2) is 9.78 Å². The molecule has 1 saturated heterocycles. The Morgan fingerprint density at radius 2 is 1.87 bits per heavy atom. The quantitative estimate of drug-likeness (QED) is 0.186. The lowest BCUT2D eigenvalue weighted by molar-refractivity contribution is -0.132. The summed E-state index contributed by atoms with van der Waals surface area (Å²) < 4.78 is 21.5. The number of phenolic OH excluding ortho intramolecular Hbond substituents is 1. The molecule has 0 unspecified atom stereocenters. The SMILES string of the molecule is COC(=O)c1sc(N2C(=O)C(=O)/C(=C(/O)c3ccc4c(c3)OCCO4)[C@@H]2c2cc(Br)c(O)c(OC)c2)nc1C. The molecule has 0 radical (unpaired) electrons. The van der Waals surface area contributed by atoms with Crippen molar-refractivity contribution in [3.63, 3.8) is 0 Å². The molecule has 2 aliphatic rings. The average molecular weight is 617 g/mol. The molecule has 13 heteroatoms. The first-order chi connectivity index (χ1) is 18.7. The number of ether oxygens (including phenoxy) is 4. The van der Waals surface area contributed by atoms with Gasteiger partial charge in [0.15, 0.2) is 28.1 Å². The van der Waals surface area contributed by atoms with Gasteiger partial charge in [0.05, 0.1) is 36.0 Å². The monoisotopic (exact) mass is 616 g/mol. The van der Waals surface area contributed by atoms with Gasteiger partial charge in [-0.15, -0.1) is 0 Å². The summed E-state index contributed by atoms with van der Waals surface area (Å²) in [7, 11) is 2.57. The van der Waals surface area contributed by atoms with Gasteiger partial charge in [-0.3, -0.25) is 14.5 Å². The third kappa shape index (κ3) is 4.46. The van der Waals surface area contributed by atoms with E-state index in [0.29, 0.717) is 36.0 Å². The number of carbonyl (C=O) groups is 3. The highest BCUT2D eigenvalue weighted by molar-refractivity contribution is 9.10. The van der Waals surface area contributed by atoms with E-state index in [4.69, 9.17) is 18.9 Å². The van der Waals surface area contributed by atoms with Gasteiger partial charge in [-0.05, 0) is 58.7 Å². The van der Waals surface area contributed by atoms with Crippen LogP contribution in [0.15, 0.2) is 40.4 Å². The molecule has 1 aromatic heterocycles. The highest BCUT2D eigenvalue weighted by Crippen LogP contribution is 2.47. The van der Waals surface area contributed by atoms with Crippen molar-refractivity contribution in [2.24, 2.45) is 0 Å². The Kier molecular flexibility index (Phi) is 6.95. The molecule has 11 nitrogen and oxygen atoms in total. The molecule has 3 aromatic rings. The largest absolute Gasteiger partial charge is 0.507 e. The van der Waals surface area contributed by atoms with Gasteiger partial charge in [-0.2, -0.15) is 0 Å². The average Bonchev–Trinajstić information content (AvgIpc) is 3.45. The fraction of sp³-hybridized carbons (Fsp3) is 0.231. The summed E-state index contributed by atoms with van der Waals surface area (Å²) in [5.41, 5.74) is 0.613. The van der Waals surface area contributed by atoms with Crippen LogP contribution in [0.3, 0.4) is 0 Å². The smallest absolute Gasteiger partial charge is 0.350 e. The number of phenols is 1. The Balaban J connectivity index is 1.74. The molecular formula is C26H21BrN2O9S. The van der Waals surface area contributed by atoms with Crippen molar-refractivity contribution in [2.45, 2.75) is 13.0 Å². The minimum Gasteiger partial charge on any atom is -0.507 e. The van der Waals surface area contributed by atoms with E-state index in [9.17, 15) is 24.6 Å². The Morgan fingerprint density at radius 1 is 1.15 bits per heavy atom. The van der Waals surface area contributed by atoms with Gasteiger partial charge in [0.25, 0.3) is 5.78 Å². The van der Waals surface area contributed by atoms with Crippen molar-refractivity contribution in [3.05, 3.63) is 62.1 Å². The lowest BCUT2D eigenvalue weighted by Gasteiger charge is -2.24. The van der Waals surface area contributed by atoms with Gasteiger partial charge in [-0.1, -0.05) is 11.3 Å². The number of hydrogen-bond donors (Lipinski definition) is 2. The van der Waals surface area contributed by atoms with Crippen LogP contribution in [0.2, 0.25) is 0 Å². The normalized spacial score (nSPS) is 17.8. The molecule has 2 aliphatic heterocycles. The van der Waals surface area contributed by atoms with Crippen LogP contribution in [0.5, 0.6) is 23.0 Å². The van der Waals surface area contributed by atoms with E-state index in [-0.39, 0.29) is 37.1 Å². The predicted molar refractivity (Wildman–Crippen MR) is 143 cm³/mol. The fourth-order valence-electron chi connectivity index (χ4n) is 4.37. The van der Waals surface area contributed by atoms with Gasteiger partial charge in [0.2, 0.25) is 0 Å². The summed E-state index contributed by atoms with van der Waals surface area (Å²) in [6.45, 7) is 2.27. The maximum absolute atomic E-state index is 13.5. The molecule has 0 spiro atoms. The van der Waals surface area contributed by atoms with E-state index < -0.39 is 29.5 Å². The number of hydrogen-bond acceptors (Lipinski definition) is 11. The minimum atomic E-state index is -1.19. The summed E-state index contributed by atoms with van der Waals surface area (Å²) in [4.78, 5) is 44.9. The number of Topliss-reactive ketones (excluding diaryl/α,β-unsaturated/α-hetero) is 1. The van der Waals surface area contributed by atoms with Crippen LogP contribution >= 0.6 is 27.3 Å². The molecule has 2 N–H and O–H groups in total. The number of rotatable bonds is 5. The molecule has 5 rings (SSSR count). The molecule has 39 heavy (non-hydrogen) atoms. The van der Waals surface area contributed by atoms with E-state index in [2.05, 4.69) is 20.9 Å².